The largest absolute Gasteiger partial charge is 0.341 e. The van der Waals surface area contributed by atoms with Crippen LogP contribution in [0, 0.1) is 11.7 Å². The first-order chi connectivity index (χ1) is 11.5. The van der Waals surface area contributed by atoms with E-state index in [1.807, 2.05) is 0 Å². The van der Waals surface area contributed by atoms with Crippen LogP contribution >= 0.6 is 0 Å². The van der Waals surface area contributed by atoms with Gasteiger partial charge in [-0.2, -0.15) is 5.10 Å². The lowest BCUT2D eigenvalue weighted by Gasteiger charge is -2.30. The first-order valence-electron chi connectivity index (χ1n) is 8.15. The third kappa shape index (κ3) is 3.69. The van der Waals surface area contributed by atoms with Crippen molar-refractivity contribution in [1.29, 1.82) is 0 Å². The lowest BCUT2D eigenvalue weighted by molar-refractivity contribution is -0.133. The van der Waals surface area contributed by atoms with Crippen molar-refractivity contribution in [3.8, 4) is 11.3 Å². The molecule has 1 aromatic carbocycles. The predicted molar refractivity (Wildman–Crippen MR) is 88.9 cm³/mol. The minimum atomic E-state index is -0.332. The number of aromatic nitrogens is 2. The van der Waals surface area contributed by atoms with Crippen molar-refractivity contribution in [2.45, 2.75) is 26.3 Å². The highest BCUT2D eigenvalue weighted by Gasteiger charge is 2.21. The Balaban J connectivity index is 1.78. The van der Waals surface area contributed by atoms with Gasteiger partial charge in [-0.25, -0.2) is 9.07 Å². The van der Waals surface area contributed by atoms with Crippen LogP contribution in [-0.2, 0) is 11.3 Å². The van der Waals surface area contributed by atoms with Crippen LogP contribution in [0.2, 0.25) is 0 Å². The zero-order valence-corrected chi connectivity index (χ0v) is 13.6. The fraction of sp³-hybridized carbons (Fsp3) is 0.389. The van der Waals surface area contributed by atoms with Crippen LogP contribution in [-0.4, -0.2) is 33.7 Å². The van der Waals surface area contributed by atoms with E-state index in [-0.39, 0.29) is 23.8 Å². The van der Waals surface area contributed by atoms with Crippen molar-refractivity contribution in [1.82, 2.24) is 14.7 Å². The maximum Gasteiger partial charge on any atom is 0.267 e. The predicted octanol–water partition coefficient (Wildman–Crippen LogP) is 2.31. The molecule has 0 aliphatic carbocycles. The Hall–Kier alpha value is -2.50. The van der Waals surface area contributed by atoms with E-state index in [1.54, 1.807) is 23.1 Å². The maximum absolute atomic E-state index is 13.0. The molecule has 6 heteroatoms. The summed E-state index contributed by atoms with van der Waals surface area (Å²) in [5.74, 6) is 0.214. The molecular weight excluding hydrogens is 309 g/mol. The fourth-order valence-corrected chi connectivity index (χ4v) is 2.82. The second-order valence-corrected chi connectivity index (χ2v) is 6.28. The van der Waals surface area contributed by atoms with E-state index in [1.165, 1.54) is 22.9 Å². The molecule has 0 unspecified atom stereocenters. The molecule has 24 heavy (non-hydrogen) atoms. The Labute approximate surface area is 139 Å². The van der Waals surface area contributed by atoms with Crippen LogP contribution in [0.1, 0.15) is 19.8 Å². The molecule has 0 atom stereocenters. The van der Waals surface area contributed by atoms with Gasteiger partial charge in [0.2, 0.25) is 5.91 Å². The van der Waals surface area contributed by atoms with Crippen molar-refractivity contribution >= 4 is 5.91 Å². The number of piperidine rings is 1. The van der Waals surface area contributed by atoms with Crippen LogP contribution < -0.4 is 5.56 Å². The maximum atomic E-state index is 13.0. The van der Waals surface area contributed by atoms with Crippen LogP contribution in [0.15, 0.2) is 41.2 Å². The molecule has 1 aliphatic heterocycles. The van der Waals surface area contributed by atoms with E-state index in [2.05, 4.69) is 12.0 Å². The third-order valence-corrected chi connectivity index (χ3v) is 4.43. The van der Waals surface area contributed by atoms with Crippen molar-refractivity contribution in [2.75, 3.05) is 13.1 Å². The van der Waals surface area contributed by atoms with Crippen molar-refractivity contribution < 1.29 is 9.18 Å². The summed E-state index contributed by atoms with van der Waals surface area (Å²) in [4.78, 5) is 26.2. The van der Waals surface area contributed by atoms with Gasteiger partial charge in [-0.1, -0.05) is 6.92 Å². The van der Waals surface area contributed by atoms with E-state index in [0.29, 0.717) is 17.2 Å². The zero-order chi connectivity index (χ0) is 17.1. The normalized spacial score (nSPS) is 15.5. The highest BCUT2D eigenvalue weighted by atomic mass is 19.1. The average Bonchev–Trinajstić information content (AvgIpc) is 2.58. The van der Waals surface area contributed by atoms with Gasteiger partial charge in [-0.3, -0.25) is 9.59 Å². The minimum Gasteiger partial charge on any atom is -0.341 e. The Morgan fingerprint density at radius 2 is 1.83 bits per heavy atom. The molecule has 1 aliphatic rings. The van der Waals surface area contributed by atoms with Gasteiger partial charge in [-0.05, 0) is 49.1 Å². The van der Waals surface area contributed by atoms with Crippen LogP contribution in [0.4, 0.5) is 4.39 Å². The molecule has 0 radical (unpaired) electrons. The summed E-state index contributed by atoms with van der Waals surface area (Å²) in [6.45, 7) is 3.57. The summed E-state index contributed by atoms with van der Waals surface area (Å²) < 4.78 is 14.2. The molecular formula is C18H20FN3O2. The number of carbonyl (C=O) groups is 1. The molecule has 126 valence electrons. The Morgan fingerprint density at radius 1 is 1.17 bits per heavy atom. The van der Waals surface area contributed by atoms with Gasteiger partial charge < -0.3 is 4.90 Å². The smallest absolute Gasteiger partial charge is 0.267 e. The van der Waals surface area contributed by atoms with Crippen molar-refractivity contribution in [2.24, 2.45) is 5.92 Å². The Bertz CT molecular complexity index is 778. The molecule has 0 bridgehead atoms. The Morgan fingerprint density at radius 3 is 2.50 bits per heavy atom. The number of likely N-dealkylation sites (tertiary alicyclic amines) is 1. The fourth-order valence-electron chi connectivity index (χ4n) is 2.82. The molecule has 2 heterocycles. The average molecular weight is 329 g/mol. The van der Waals surface area contributed by atoms with Crippen LogP contribution in [0.3, 0.4) is 0 Å². The number of amides is 1. The summed E-state index contributed by atoms with van der Waals surface area (Å²) in [7, 11) is 0. The van der Waals surface area contributed by atoms with E-state index in [0.717, 1.165) is 25.9 Å². The van der Waals surface area contributed by atoms with E-state index in [4.69, 9.17) is 0 Å². The first kappa shape index (κ1) is 16.4. The minimum absolute atomic E-state index is 0.0672. The number of hydrogen-bond donors (Lipinski definition) is 0. The Kier molecular flexibility index (Phi) is 4.74. The highest BCUT2D eigenvalue weighted by molar-refractivity contribution is 5.76. The molecule has 0 spiro atoms. The van der Waals surface area contributed by atoms with Gasteiger partial charge >= 0.3 is 0 Å². The lowest BCUT2D eigenvalue weighted by Crippen LogP contribution is -2.41. The molecule has 2 aromatic rings. The van der Waals surface area contributed by atoms with Crippen LogP contribution in [0.5, 0.6) is 0 Å². The van der Waals surface area contributed by atoms with Gasteiger partial charge in [0, 0.05) is 24.7 Å². The lowest BCUT2D eigenvalue weighted by atomic mass is 9.99. The molecule has 1 fully saturated rings. The molecule has 0 N–H and O–H groups in total. The molecule has 0 saturated carbocycles. The van der Waals surface area contributed by atoms with Crippen LogP contribution in [0.25, 0.3) is 11.3 Å². The summed E-state index contributed by atoms with van der Waals surface area (Å²) in [5.41, 5.74) is 0.915. The third-order valence-electron chi connectivity index (χ3n) is 4.43. The summed E-state index contributed by atoms with van der Waals surface area (Å²) in [6.07, 6.45) is 1.98. The molecule has 5 nitrogen and oxygen atoms in total. The zero-order valence-electron chi connectivity index (χ0n) is 13.6. The van der Waals surface area contributed by atoms with Crippen molar-refractivity contribution in [3.63, 3.8) is 0 Å². The number of benzene rings is 1. The molecule has 3 rings (SSSR count). The first-order valence-corrected chi connectivity index (χ1v) is 8.15. The quantitative estimate of drug-likeness (QED) is 0.868. The molecule has 1 saturated heterocycles. The number of halogens is 1. The monoisotopic (exact) mass is 329 g/mol. The number of nitrogens with zero attached hydrogens (tertiary/aromatic N) is 3. The molecule has 1 amide bonds. The van der Waals surface area contributed by atoms with Gasteiger partial charge in [0.15, 0.2) is 0 Å². The van der Waals surface area contributed by atoms with E-state index < -0.39 is 0 Å². The number of rotatable bonds is 3. The summed E-state index contributed by atoms with van der Waals surface area (Å²) in [6, 6.07) is 8.84. The summed E-state index contributed by atoms with van der Waals surface area (Å²) in [5, 5.41) is 4.26. The van der Waals surface area contributed by atoms with E-state index in [9.17, 15) is 14.0 Å². The second kappa shape index (κ2) is 6.95. The highest BCUT2D eigenvalue weighted by Crippen LogP contribution is 2.17. The van der Waals surface area contributed by atoms with Crippen molar-refractivity contribution in [3.05, 3.63) is 52.6 Å². The van der Waals surface area contributed by atoms with Gasteiger partial charge in [0.1, 0.15) is 12.4 Å². The van der Waals surface area contributed by atoms with E-state index >= 15 is 0 Å². The second-order valence-electron chi connectivity index (χ2n) is 6.28. The SMILES string of the molecule is CC1CCN(C(=O)Cn2nc(-c3ccc(F)cc3)ccc2=O)CC1. The number of hydrogen-bond acceptors (Lipinski definition) is 3. The summed E-state index contributed by atoms with van der Waals surface area (Å²) >= 11 is 0. The number of carbonyl (C=O) groups excluding carboxylic acids is 1. The topological polar surface area (TPSA) is 55.2 Å². The van der Waals surface area contributed by atoms with Gasteiger partial charge in [0.25, 0.3) is 5.56 Å². The molecule has 1 aromatic heterocycles. The van der Waals surface area contributed by atoms with Gasteiger partial charge in [0.05, 0.1) is 5.69 Å². The van der Waals surface area contributed by atoms with Gasteiger partial charge in [-0.15, -0.1) is 0 Å². The standard InChI is InChI=1S/C18H20FN3O2/c1-13-8-10-21(11-9-13)18(24)12-22-17(23)7-6-16(20-22)14-2-4-15(19)5-3-14/h2-7,13H,8-12H2,1H3.